The van der Waals surface area contributed by atoms with Gasteiger partial charge in [0.05, 0.1) is 12.2 Å². The monoisotopic (exact) mass is 510 g/mol. The molecule has 3 rings (SSSR count). The van der Waals surface area contributed by atoms with Gasteiger partial charge in [0, 0.05) is 44.6 Å². The minimum atomic E-state index is 0. The number of hydrogen-bond acceptors (Lipinski definition) is 3. The van der Waals surface area contributed by atoms with Gasteiger partial charge in [0.2, 0.25) is 0 Å². The van der Waals surface area contributed by atoms with E-state index in [1.54, 1.807) is 6.20 Å². The molecule has 0 radical (unpaired) electrons. The van der Waals surface area contributed by atoms with E-state index in [4.69, 9.17) is 4.99 Å². The van der Waals surface area contributed by atoms with E-state index in [1.807, 2.05) is 16.9 Å². The largest absolute Gasteiger partial charge is 0.357 e. The Hall–Kier alpha value is -1.61. The molecule has 7 heteroatoms. The first kappa shape index (κ1) is 23.7. The number of rotatable bonds is 7. The van der Waals surface area contributed by atoms with Gasteiger partial charge in [-0.1, -0.05) is 26.0 Å². The topological polar surface area (TPSA) is 57.5 Å². The zero-order chi connectivity index (χ0) is 19.8. The van der Waals surface area contributed by atoms with Crippen LogP contribution in [-0.4, -0.2) is 52.9 Å². The summed E-state index contributed by atoms with van der Waals surface area (Å²) in [6.07, 6.45) is 6.10. The van der Waals surface area contributed by atoms with Crippen LogP contribution >= 0.6 is 24.0 Å². The molecule has 160 valence electrons. The number of aromatic nitrogens is 2. The van der Waals surface area contributed by atoms with Crippen LogP contribution in [0.15, 0.2) is 47.7 Å². The van der Waals surface area contributed by atoms with E-state index >= 15 is 0 Å². The fraction of sp³-hybridized carbons (Fsp3) is 0.545. The van der Waals surface area contributed by atoms with Crippen LogP contribution in [0.1, 0.15) is 39.2 Å². The van der Waals surface area contributed by atoms with Gasteiger partial charge in [-0.15, -0.1) is 24.0 Å². The smallest absolute Gasteiger partial charge is 0.191 e. The van der Waals surface area contributed by atoms with Crippen LogP contribution in [0.2, 0.25) is 0 Å². The van der Waals surface area contributed by atoms with Crippen molar-refractivity contribution in [1.82, 2.24) is 25.3 Å². The molecule has 0 aliphatic carbocycles. The third-order valence-corrected chi connectivity index (χ3v) is 5.00. The van der Waals surface area contributed by atoms with Crippen molar-refractivity contribution >= 4 is 29.9 Å². The Bertz CT molecular complexity index is 736. The van der Waals surface area contributed by atoms with E-state index in [2.05, 4.69) is 65.7 Å². The van der Waals surface area contributed by atoms with E-state index in [9.17, 15) is 0 Å². The molecule has 0 atom stereocenters. The second-order valence-electron chi connectivity index (χ2n) is 7.93. The van der Waals surface area contributed by atoms with Crippen LogP contribution in [0.4, 0.5) is 0 Å². The highest BCUT2D eigenvalue weighted by molar-refractivity contribution is 14.0. The number of guanidine groups is 1. The molecule has 0 unspecified atom stereocenters. The Morgan fingerprint density at radius 1 is 1.24 bits per heavy atom. The summed E-state index contributed by atoms with van der Waals surface area (Å²) in [4.78, 5) is 7.40. The van der Waals surface area contributed by atoms with E-state index < -0.39 is 0 Å². The van der Waals surface area contributed by atoms with Gasteiger partial charge in [-0.2, -0.15) is 5.10 Å². The second-order valence-corrected chi connectivity index (χ2v) is 7.93. The quantitative estimate of drug-likeness (QED) is 0.339. The lowest BCUT2D eigenvalue weighted by atomic mass is 10.0. The van der Waals surface area contributed by atoms with Crippen molar-refractivity contribution in [3.05, 3.63) is 48.3 Å². The van der Waals surface area contributed by atoms with E-state index in [0.717, 1.165) is 24.1 Å². The van der Waals surface area contributed by atoms with Crippen molar-refractivity contribution in [3.8, 4) is 5.69 Å². The number of nitrogens with zero attached hydrogens (tertiary/aromatic N) is 4. The Kier molecular flexibility index (Phi) is 9.93. The normalized spacial score (nSPS) is 15.9. The van der Waals surface area contributed by atoms with Gasteiger partial charge < -0.3 is 15.5 Å². The van der Waals surface area contributed by atoms with E-state index in [-0.39, 0.29) is 24.0 Å². The zero-order valence-corrected chi connectivity index (χ0v) is 20.2. The molecule has 1 saturated heterocycles. The maximum absolute atomic E-state index is 4.82. The Morgan fingerprint density at radius 3 is 2.69 bits per heavy atom. The molecule has 1 aliphatic heterocycles. The lowest BCUT2D eigenvalue weighted by molar-refractivity contribution is 0.187. The highest BCUT2D eigenvalue weighted by Gasteiger charge is 2.20. The molecular weight excluding hydrogens is 475 g/mol. The predicted octanol–water partition coefficient (Wildman–Crippen LogP) is 3.67. The Labute approximate surface area is 192 Å². The summed E-state index contributed by atoms with van der Waals surface area (Å²) >= 11 is 0. The van der Waals surface area contributed by atoms with Crippen LogP contribution in [0.25, 0.3) is 5.69 Å². The van der Waals surface area contributed by atoms with Gasteiger partial charge in [-0.05, 0) is 49.4 Å². The average molecular weight is 510 g/mol. The number of halogens is 1. The van der Waals surface area contributed by atoms with Crippen molar-refractivity contribution < 1.29 is 0 Å². The standard InChI is InChI=1S/C22H34N6.HI/c1-4-23-22(26-20-9-13-27(14-10-20)17-18(2)3)24-16-19-7-5-8-21(15-19)28-12-6-11-25-28;/h5-8,11-12,15,18,20H,4,9-10,13-14,16-17H2,1-3H3,(H2,23,24,26);1H. The lowest BCUT2D eigenvalue weighted by Crippen LogP contribution is -2.49. The first-order valence-corrected chi connectivity index (χ1v) is 10.5. The van der Waals surface area contributed by atoms with Crippen molar-refractivity contribution in [2.24, 2.45) is 10.9 Å². The van der Waals surface area contributed by atoms with Crippen LogP contribution in [-0.2, 0) is 6.54 Å². The molecule has 1 aliphatic rings. The predicted molar refractivity (Wildman–Crippen MR) is 131 cm³/mol. The maximum Gasteiger partial charge on any atom is 0.191 e. The van der Waals surface area contributed by atoms with Crippen LogP contribution in [0, 0.1) is 5.92 Å². The number of likely N-dealkylation sites (tertiary alicyclic amines) is 1. The first-order valence-electron chi connectivity index (χ1n) is 10.5. The molecule has 1 aromatic carbocycles. The molecule has 0 bridgehead atoms. The third kappa shape index (κ3) is 7.62. The zero-order valence-electron chi connectivity index (χ0n) is 17.8. The molecular formula is C22H35IN6. The first-order chi connectivity index (χ1) is 13.6. The highest BCUT2D eigenvalue weighted by Crippen LogP contribution is 2.13. The molecule has 1 fully saturated rings. The summed E-state index contributed by atoms with van der Waals surface area (Å²) in [5.74, 6) is 1.65. The number of aliphatic imine (C=N–C) groups is 1. The van der Waals surface area contributed by atoms with E-state index in [1.165, 1.54) is 38.0 Å². The highest BCUT2D eigenvalue weighted by atomic mass is 127. The van der Waals surface area contributed by atoms with Gasteiger partial charge in [-0.25, -0.2) is 9.67 Å². The van der Waals surface area contributed by atoms with Gasteiger partial charge in [0.1, 0.15) is 0 Å². The van der Waals surface area contributed by atoms with Crippen LogP contribution < -0.4 is 10.6 Å². The molecule has 29 heavy (non-hydrogen) atoms. The molecule has 2 heterocycles. The number of hydrogen-bond donors (Lipinski definition) is 2. The third-order valence-electron chi connectivity index (χ3n) is 5.00. The second kappa shape index (κ2) is 12.2. The van der Waals surface area contributed by atoms with Gasteiger partial charge in [0.15, 0.2) is 5.96 Å². The summed E-state index contributed by atoms with van der Waals surface area (Å²) in [6, 6.07) is 10.8. The summed E-state index contributed by atoms with van der Waals surface area (Å²) in [5.41, 5.74) is 2.24. The fourth-order valence-corrected chi connectivity index (χ4v) is 3.68. The molecule has 2 aromatic rings. The van der Waals surface area contributed by atoms with Gasteiger partial charge >= 0.3 is 0 Å². The Morgan fingerprint density at radius 2 is 2.03 bits per heavy atom. The number of benzene rings is 1. The van der Waals surface area contributed by atoms with Crippen LogP contribution in [0.5, 0.6) is 0 Å². The average Bonchev–Trinajstić information content (AvgIpc) is 3.22. The van der Waals surface area contributed by atoms with Crippen molar-refractivity contribution in [1.29, 1.82) is 0 Å². The van der Waals surface area contributed by atoms with Crippen molar-refractivity contribution in [2.75, 3.05) is 26.2 Å². The van der Waals surface area contributed by atoms with Gasteiger partial charge in [0.25, 0.3) is 0 Å². The number of piperidine rings is 1. The summed E-state index contributed by atoms with van der Waals surface area (Å²) in [5, 5.41) is 11.3. The summed E-state index contributed by atoms with van der Waals surface area (Å²) in [7, 11) is 0. The Balaban J connectivity index is 0.00000300. The van der Waals surface area contributed by atoms with Crippen molar-refractivity contribution in [2.45, 2.75) is 46.2 Å². The molecule has 6 nitrogen and oxygen atoms in total. The molecule has 1 aromatic heterocycles. The molecule has 0 amide bonds. The lowest BCUT2D eigenvalue weighted by Gasteiger charge is -2.34. The molecule has 0 saturated carbocycles. The maximum atomic E-state index is 4.82. The SMILES string of the molecule is CCNC(=NCc1cccc(-n2cccn2)c1)NC1CCN(CC(C)C)CC1.I. The van der Waals surface area contributed by atoms with Gasteiger partial charge in [-0.3, -0.25) is 0 Å². The van der Waals surface area contributed by atoms with Crippen molar-refractivity contribution in [3.63, 3.8) is 0 Å². The fourth-order valence-electron chi connectivity index (χ4n) is 3.68. The minimum absolute atomic E-state index is 0. The summed E-state index contributed by atoms with van der Waals surface area (Å²) in [6.45, 7) is 11.8. The minimum Gasteiger partial charge on any atom is -0.357 e. The summed E-state index contributed by atoms with van der Waals surface area (Å²) < 4.78 is 1.88. The molecule has 0 spiro atoms. The molecule has 2 N–H and O–H groups in total. The number of nitrogens with one attached hydrogen (secondary N) is 2. The van der Waals surface area contributed by atoms with E-state index in [0.29, 0.717) is 12.6 Å². The van der Waals surface area contributed by atoms with Crippen LogP contribution in [0.3, 0.4) is 0 Å².